The van der Waals surface area contributed by atoms with E-state index in [4.69, 9.17) is 16.3 Å². The standard InChI is InChI=1S/C29H27ClN2O4/c1-5-36-26-16-21(15-25(30)23(26)13-20-10-18(3)9-19(4)11-20)14-24-27(33)31-29(35)32(28(24)34)22-8-6-7-17(2)12-22/h6-12,14-16H,5,13H2,1-4H3,(H,31,33,35)/b24-14+. The fraction of sp³-hybridized carbons (Fsp3) is 0.207. The van der Waals surface area contributed by atoms with Gasteiger partial charge in [-0.1, -0.05) is 53.1 Å². The normalized spacial score (nSPS) is 14.9. The van der Waals surface area contributed by atoms with E-state index >= 15 is 0 Å². The number of nitrogens with zero attached hydrogens (tertiary/aromatic N) is 1. The Labute approximate surface area is 215 Å². The highest BCUT2D eigenvalue weighted by molar-refractivity contribution is 6.39. The van der Waals surface area contributed by atoms with Crippen LogP contribution in [0.2, 0.25) is 5.02 Å². The molecule has 0 spiro atoms. The number of hydrogen-bond donors (Lipinski definition) is 1. The molecule has 0 saturated carbocycles. The number of rotatable bonds is 6. The predicted octanol–water partition coefficient (Wildman–Crippen LogP) is 5.92. The van der Waals surface area contributed by atoms with Gasteiger partial charge < -0.3 is 4.74 Å². The number of urea groups is 1. The molecule has 0 radical (unpaired) electrons. The lowest BCUT2D eigenvalue weighted by Gasteiger charge is -2.26. The van der Waals surface area contributed by atoms with Gasteiger partial charge in [0.05, 0.1) is 12.3 Å². The van der Waals surface area contributed by atoms with Gasteiger partial charge in [-0.05, 0) is 74.7 Å². The van der Waals surface area contributed by atoms with Crippen LogP contribution in [0, 0.1) is 20.8 Å². The number of carbonyl (C=O) groups excluding carboxylic acids is 3. The number of ether oxygens (including phenoxy) is 1. The smallest absolute Gasteiger partial charge is 0.335 e. The van der Waals surface area contributed by atoms with E-state index in [0.29, 0.717) is 35.1 Å². The van der Waals surface area contributed by atoms with Gasteiger partial charge in [0.25, 0.3) is 11.8 Å². The van der Waals surface area contributed by atoms with Crippen LogP contribution >= 0.6 is 11.6 Å². The van der Waals surface area contributed by atoms with Crippen molar-refractivity contribution in [1.29, 1.82) is 0 Å². The van der Waals surface area contributed by atoms with E-state index in [2.05, 4.69) is 23.5 Å². The first-order valence-electron chi connectivity index (χ1n) is 11.7. The number of anilines is 1. The SMILES string of the molecule is CCOc1cc(/C=C2\C(=O)NC(=O)N(c3cccc(C)c3)C2=O)cc(Cl)c1Cc1cc(C)cc(C)c1. The van der Waals surface area contributed by atoms with Gasteiger partial charge in [0.2, 0.25) is 0 Å². The highest BCUT2D eigenvalue weighted by Gasteiger charge is 2.36. The quantitative estimate of drug-likeness (QED) is 0.335. The summed E-state index contributed by atoms with van der Waals surface area (Å²) >= 11 is 6.70. The average molecular weight is 503 g/mol. The summed E-state index contributed by atoms with van der Waals surface area (Å²) in [5.74, 6) is -0.892. The topological polar surface area (TPSA) is 75.7 Å². The van der Waals surface area contributed by atoms with Crippen LogP contribution in [0.4, 0.5) is 10.5 Å². The molecule has 1 aliphatic rings. The molecule has 0 atom stereocenters. The Hall–Kier alpha value is -3.90. The highest BCUT2D eigenvalue weighted by atomic mass is 35.5. The molecule has 0 unspecified atom stereocenters. The van der Waals surface area contributed by atoms with Crippen LogP contribution in [0.25, 0.3) is 6.08 Å². The second-order valence-electron chi connectivity index (χ2n) is 8.88. The van der Waals surface area contributed by atoms with Crippen LogP contribution in [-0.4, -0.2) is 24.5 Å². The van der Waals surface area contributed by atoms with Crippen molar-refractivity contribution in [2.24, 2.45) is 0 Å². The summed E-state index contributed by atoms with van der Waals surface area (Å²) in [6, 6.07) is 15.9. The van der Waals surface area contributed by atoms with E-state index in [1.807, 2.05) is 33.8 Å². The van der Waals surface area contributed by atoms with Crippen LogP contribution < -0.4 is 15.0 Å². The Morgan fingerprint density at radius 1 is 0.944 bits per heavy atom. The molecule has 1 N–H and O–H groups in total. The third kappa shape index (κ3) is 5.34. The third-order valence-corrected chi connectivity index (χ3v) is 6.15. The van der Waals surface area contributed by atoms with Crippen LogP contribution in [0.1, 0.15) is 40.3 Å². The Morgan fingerprint density at radius 3 is 2.33 bits per heavy atom. The summed E-state index contributed by atoms with van der Waals surface area (Å²) in [5, 5.41) is 2.71. The number of hydrogen-bond acceptors (Lipinski definition) is 4. The molecule has 1 heterocycles. The van der Waals surface area contributed by atoms with E-state index in [1.54, 1.807) is 30.3 Å². The largest absolute Gasteiger partial charge is 0.494 e. The van der Waals surface area contributed by atoms with Crippen molar-refractivity contribution in [3.8, 4) is 5.75 Å². The Kier molecular flexibility index (Phi) is 7.27. The molecule has 184 valence electrons. The number of benzene rings is 3. The predicted molar refractivity (Wildman–Crippen MR) is 142 cm³/mol. The Morgan fingerprint density at radius 2 is 1.67 bits per heavy atom. The maximum absolute atomic E-state index is 13.2. The lowest BCUT2D eigenvalue weighted by molar-refractivity contribution is -0.122. The monoisotopic (exact) mass is 502 g/mol. The maximum Gasteiger partial charge on any atom is 0.335 e. The number of halogens is 1. The molecule has 7 heteroatoms. The van der Waals surface area contributed by atoms with Gasteiger partial charge in [-0.15, -0.1) is 0 Å². The minimum absolute atomic E-state index is 0.170. The van der Waals surface area contributed by atoms with Crippen LogP contribution in [0.15, 0.2) is 60.2 Å². The minimum Gasteiger partial charge on any atom is -0.494 e. The zero-order valence-corrected chi connectivity index (χ0v) is 21.4. The zero-order chi connectivity index (χ0) is 26.0. The van der Waals surface area contributed by atoms with Gasteiger partial charge in [-0.3, -0.25) is 14.9 Å². The summed E-state index contributed by atoms with van der Waals surface area (Å²) < 4.78 is 5.89. The molecule has 3 aromatic carbocycles. The summed E-state index contributed by atoms with van der Waals surface area (Å²) in [4.78, 5) is 39.3. The second kappa shape index (κ2) is 10.4. The number of barbiturate groups is 1. The van der Waals surface area contributed by atoms with Crippen molar-refractivity contribution in [3.05, 3.63) is 98.6 Å². The van der Waals surface area contributed by atoms with Crippen molar-refractivity contribution in [2.45, 2.75) is 34.1 Å². The summed E-state index contributed by atoms with van der Waals surface area (Å²) in [6.07, 6.45) is 2.00. The summed E-state index contributed by atoms with van der Waals surface area (Å²) in [7, 11) is 0. The summed E-state index contributed by atoms with van der Waals surface area (Å²) in [5.41, 5.74) is 5.86. The van der Waals surface area contributed by atoms with Crippen molar-refractivity contribution in [2.75, 3.05) is 11.5 Å². The molecule has 4 rings (SSSR count). The fourth-order valence-electron chi connectivity index (χ4n) is 4.37. The lowest BCUT2D eigenvalue weighted by Crippen LogP contribution is -2.54. The van der Waals surface area contributed by atoms with Crippen molar-refractivity contribution >= 4 is 41.2 Å². The van der Waals surface area contributed by atoms with Crippen molar-refractivity contribution < 1.29 is 19.1 Å². The molecular formula is C29H27ClN2O4. The third-order valence-electron chi connectivity index (χ3n) is 5.81. The molecular weight excluding hydrogens is 476 g/mol. The number of amides is 4. The van der Waals surface area contributed by atoms with Gasteiger partial charge in [0.1, 0.15) is 11.3 Å². The summed E-state index contributed by atoms with van der Waals surface area (Å²) in [6.45, 7) is 8.25. The van der Waals surface area contributed by atoms with E-state index < -0.39 is 17.8 Å². The van der Waals surface area contributed by atoms with Gasteiger partial charge in [0, 0.05) is 17.0 Å². The van der Waals surface area contributed by atoms with E-state index in [0.717, 1.165) is 32.7 Å². The van der Waals surface area contributed by atoms with E-state index in [-0.39, 0.29) is 5.57 Å². The highest BCUT2D eigenvalue weighted by Crippen LogP contribution is 2.33. The van der Waals surface area contributed by atoms with Crippen molar-refractivity contribution in [1.82, 2.24) is 5.32 Å². The van der Waals surface area contributed by atoms with E-state index in [1.165, 1.54) is 6.08 Å². The van der Waals surface area contributed by atoms with Gasteiger partial charge in [0.15, 0.2) is 0 Å². The molecule has 1 saturated heterocycles. The molecule has 3 aromatic rings. The van der Waals surface area contributed by atoms with Crippen LogP contribution in [-0.2, 0) is 16.0 Å². The van der Waals surface area contributed by atoms with Crippen LogP contribution in [0.3, 0.4) is 0 Å². The molecule has 6 nitrogen and oxygen atoms in total. The maximum atomic E-state index is 13.2. The average Bonchev–Trinajstić information content (AvgIpc) is 2.78. The molecule has 0 bridgehead atoms. The first-order valence-corrected chi connectivity index (χ1v) is 12.0. The fourth-order valence-corrected chi connectivity index (χ4v) is 4.66. The number of aryl methyl sites for hydroxylation is 3. The van der Waals surface area contributed by atoms with Crippen molar-refractivity contribution in [3.63, 3.8) is 0 Å². The Bertz CT molecular complexity index is 1390. The number of imide groups is 2. The molecule has 4 amide bonds. The first kappa shape index (κ1) is 25.2. The molecule has 0 aromatic heterocycles. The molecule has 36 heavy (non-hydrogen) atoms. The second-order valence-corrected chi connectivity index (χ2v) is 9.29. The molecule has 0 aliphatic carbocycles. The van der Waals surface area contributed by atoms with Gasteiger partial charge in [-0.25, -0.2) is 9.69 Å². The zero-order valence-electron chi connectivity index (χ0n) is 20.6. The number of nitrogens with one attached hydrogen (secondary N) is 1. The van der Waals surface area contributed by atoms with Crippen LogP contribution in [0.5, 0.6) is 5.75 Å². The minimum atomic E-state index is -0.787. The van der Waals surface area contributed by atoms with E-state index in [9.17, 15) is 14.4 Å². The molecule has 1 aliphatic heterocycles. The number of carbonyl (C=O) groups is 3. The Balaban J connectivity index is 1.73. The molecule has 1 fully saturated rings. The first-order chi connectivity index (χ1) is 17.2. The van der Waals surface area contributed by atoms with Gasteiger partial charge in [-0.2, -0.15) is 0 Å². The lowest BCUT2D eigenvalue weighted by atomic mass is 9.98. The van der Waals surface area contributed by atoms with Gasteiger partial charge >= 0.3 is 6.03 Å².